The lowest BCUT2D eigenvalue weighted by Gasteiger charge is -2.07. The zero-order valence-electron chi connectivity index (χ0n) is 9.73. The maximum atomic E-state index is 10.8. The van der Waals surface area contributed by atoms with Crippen LogP contribution in [0.5, 0.6) is 0 Å². The van der Waals surface area contributed by atoms with E-state index in [0.717, 1.165) is 32.6 Å². The van der Waals surface area contributed by atoms with Crippen molar-refractivity contribution in [2.24, 2.45) is 5.92 Å². The minimum atomic E-state index is -0.905. The smallest absolute Gasteiger partial charge is 0.347 e. The summed E-state index contributed by atoms with van der Waals surface area (Å²) in [7, 11) is 0. The van der Waals surface area contributed by atoms with Crippen LogP contribution in [0.2, 0.25) is 0 Å². The summed E-state index contributed by atoms with van der Waals surface area (Å²) in [5, 5.41) is 12.8. The van der Waals surface area contributed by atoms with Gasteiger partial charge in [0.25, 0.3) is 0 Å². The lowest BCUT2D eigenvalue weighted by Crippen LogP contribution is -2.08. The van der Waals surface area contributed by atoms with E-state index in [1.807, 2.05) is 0 Å². The van der Waals surface area contributed by atoms with Gasteiger partial charge in [-0.3, -0.25) is 0 Å². The highest BCUT2D eigenvalue weighted by Crippen LogP contribution is 2.23. The predicted octanol–water partition coefficient (Wildman–Crippen LogP) is 1.99. The molecule has 6 heteroatoms. The van der Waals surface area contributed by atoms with E-state index in [1.165, 1.54) is 11.3 Å². The van der Waals surface area contributed by atoms with Gasteiger partial charge in [-0.05, 0) is 25.7 Å². The molecule has 2 rings (SSSR count). The summed E-state index contributed by atoms with van der Waals surface area (Å²) in [6, 6.07) is 0. The van der Waals surface area contributed by atoms with Gasteiger partial charge in [0.05, 0.1) is 5.69 Å². The number of thiazole rings is 1. The normalized spacial score (nSPS) is 19.5. The molecule has 1 saturated heterocycles. The number of ether oxygens (including phenoxy) is 1. The highest BCUT2D eigenvalue weighted by Gasteiger charge is 2.16. The average Bonchev–Trinajstić information content (AvgIpc) is 2.88. The molecule has 94 valence electrons. The Labute approximate surface area is 104 Å². The molecule has 2 N–H and O–H groups in total. The Morgan fingerprint density at radius 1 is 1.71 bits per heavy atom. The van der Waals surface area contributed by atoms with Crippen LogP contribution in [0.4, 0.5) is 5.13 Å². The predicted molar refractivity (Wildman–Crippen MR) is 65.8 cm³/mol. The third-order valence-electron chi connectivity index (χ3n) is 2.84. The molecule has 1 atom stereocenters. The van der Waals surface area contributed by atoms with Gasteiger partial charge in [-0.2, -0.15) is 0 Å². The molecule has 0 bridgehead atoms. The number of nitrogens with one attached hydrogen (secondary N) is 1. The molecule has 2 heterocycles. The van der Waals surface area contributed by atoms with E-state index in [-0.39, 0.29) is 0 Å². The van der Waals surface area contributed by atoms with Gasteiger partial charge in [0.2, 0.25) is 0 Å². The summed E-state index contributed by atoms with van der Waals surface area (Å²) >= 11 is 1.20. The van der Waals surface area contributed by atoms with Crippen LogP contribution >= 0.6 is 11.3 Å². The highest BCUT2D eigenvalue weighted by molar-refractivity contribution is 7.17. The van der Waals surface area contributed by atoms with Crippen molar-refractivity contribution in [2.45, 2.75) is 19.8 Å². The summed E-state index contributed by atoms with van der Waals surface area (Å²) in [5.41, 5.74) is 0.578. The molecule has 0 spiro atoms. The molecular formula is C11H16N2O3S. The molecule has 1 fully saturated rings. The van der Waals surface area contributed by atoms with Gasteiger partial charge in [-0.25, -0.2) is 9.78 Å². The number of carbonyl (C=O) groups is 1. The highest BCUT2D eigenvalue weighted by atomic mass is 32.1. The number of rotatable bonds is 5. The molecule has 17 heavy (non-hydrogen) atoms. The first kappa shape index (κ1) is 12.3. The van der Waals surface area contributed by atoms with Gasteiger partial charge in [-0.1, -0.05) is 11.3 Å². The fourth-order valence-corrected chi connectivity index (χ4v) is 2.70. The lowest BCUT2D eigenvalue weighted by molar-refractivity contribution is 0.0701. The number of nitrogens with zero attached hydrogens (tertiary/aromatic N) is 1. The third kappa shape index (κ3) is 3.17. The van der Waals surface area contributed by atoms with Crippen LogP contribution in [-0.2, 0) is 4.74 Å². The molecule has 1 aliphatic rings. The van der Waals surface area contributed by atoms with Gasteiger partial charge in [0.15, 0.2) is 5.13 Å². The second kappa shape index (κ2) is 5.46. The summed E-state index contributed by atoms with van der Waals surface area (Å²) in [5.74, 6) is -0.278. The van der Waals surface area contributed by atoms with Crippen molar-refractivity contribution >= 4 is 22.4 Å². The number of hydrogen-bond donors (Lipinski definition) is 2. The Morgan fingerprint density at radius 2 is 2.53 bits per heavy atom. The van der Waals surface area contributed by atoms with Crippen molar-refractivity contribution in [1.82, 2.24) is 4.98 Å². The molecule has 0 radical (unpaired) electrons. The number of aromatic carboxylic acids is 1. The van der Waals surface area contributed by atoms with Gasteiger partial charge < -0.3 is 15.2 Å². The van der Waals surface area contributed by atoms with Crippen molar-refractivity contribution in [3.05, 3.63) is 10.6 Å². The van der Waals surface area contributed by atoms with Crippen molar-refractivity contribution in [3.8, 4) is 0 Å². The molecule has 1 unspecified atom stereocenters. The largest absolute Gasteiger partial charge is 0.477 e. The SMILES string of the molecule is Cc1nc(NCCC2CCOC2)sc1C(=O)O. The van der Waals surface area contributed by atoms with Crippen LogP contribution in [0.1, 0.15) is 28.2 Å². The Kier molecular flexibility index (Phi) is 3.96. The van der Waals surface area contributed by atoms with E-state index in [1.54, 1.807) is 6.92 Å². The molecule has 1 aromatic heterocycles. The number of aryl methyl sites for hydroxylation is 1. The van der Waals surface area contributed by atoms with Crippen LogP contribution in [0.3, 0.4) is 0 Å². The van der Waals surface area contributed by atoms with E-state index in [9.17, 15) is 4.79 Å². The standard InChI is InChI=1S/C11H16N2O3S/c1-7-9(10(14)15)17-11(13-7)12-4-2-8-3-5-16-6-8/h8H,2-6H2,1H3,(H,12,13)(H,14,15). The van der Waals surface area contributed by atoms with Crippen molar-refractivity contribution in [3.63, 3.8) is 0 Å². The first-order chi connectivity index (χ1) is 8.16. The minimum absolute atomic E-state index is 0.316. The maximum Gasteiger partial charge on any atom is 0.347 e. The number of carboxylic acids is 1. The maximum absolute atomic E-state index is 10.8. The van der Waals surface area contributed by atoms with Crippen LogP contribution in [-0.4, -0.2) is 35.8 Å². The van der Waals surface area contributed by atoms with E-state index in [0.29, 0.717) is 21.6 Å². The first-order valence-electron chi connectivity index (χ1n) is 5.69. The minimum Gasteiger partial charge on any atom is -0.477 e. The second-order valence-corrected chi connectivity index (χ2v) is 5.18. The van der Waals surface area contributed by atoms with Crippen LogP contribution in [0, 0.1) is 12.8 Å². The zero-order chi connectivity index (χ0) is 12.3. The molecule has 0 amide bonds. The van der Waals surface area contributed by atoms with Crippen molar-refractivity contribution < 1.29 is 14.6 Å². The zero-order valence-corrected chi connectivity index (χ0v) is 10.5. The van der Waals surface area contributed by atoms with Gasteiger partial charge in [0.1, 0.15) is 4.88 Å². The van der Waals surface area contributed by atoms with Gasteiger partial charge >= 0.3 is 5.97 Å². The average molecular weight is 256 g/mol. The molecule has 0 saturated carbocycles. The second-order valence-electron chi connectivity index (χ2n) is 4.18. The number of hydrogen-bond acceptors (Lipinski definition) is 5. The van der Waals surface area contributed by atoms with E-state index in [4.69, 9.17) is 9.84 Å². The Bertz CT molecular complexity index is 399. The Balaban J connectivity index is 1.82. The van der Waals surface area contributed by atoms with Crippen LogP contribution in [0.25, 0.3) is 0 Å². The van der Waals surface area contributed by atoms with Gasteiger partial charge in [-0.15, -0.1) is 0 Å². The topological polar surface area (TPSA) is 71.5 Å². The fraction of sp³-hybridized carbons (Fsp3) is 0.636. The van der Waals surface area contributed by atoms with E-state index >= 15 is 0 Å². The Hall–Kier alpha value is -1.14. The summed E-state index contributed by atoms with van der Waals surface area (Å²) < 4.78 is 5.30. The summed E-state index contributed by atoms with van der Waals surface area (Å²) in [6.07, 6.45) is 2.17. The van der Waals surface area contributed by atoms with E-state index in [2.05, 4.69) is 10.3 Å². The molecule has 0 aromatic carbocycles. The summed E-state index contributed by atoms with van der Waals surface area (Å²) in [4.78, 5) is 15.4. The number of carboxylic acid groups (broad SMARTS) is 1. The number of anilines is 1. The fourth-order valence-electron chi connectivity index (χ4n) is 1.86. The van der Waals surface area contributed by atoms with Crippen molar-refractivity contribution in [2.75, 3.05) is 25.1 Å². The quantitative estimate of drug-likeness (QED) is 0.843. The number of aromatic nitrogens is 1. The lowest BCUT2D eigenvalue weighted by atomic mass is 10.1. The Morgan fingerprint density at radius 3 is 3.12 bits per heavy atom. The molecule has 1 aromatic rings. The monoisotopic (exact) mass is 256 g/mol. The molecular weight excluding hydrogens is 240 g/mol. The molecule has 1 aliphatic heterocycles. The van der Waals surface area contributed by atoms with E-state index < -0.39 is 5.97 Å². The first-order valence-corrected chi connectivity index (χ1v) is 6.51. The summed E-state index contributed by atoms with van der Waals surface area (Å²) in [6.45, 7) is 4.25. The third-order valence-corrected chi connectivity index (χ3v) is 3.95. The van der Waals surface area contributed by atoms with Crippen LogP contribution < -0.4 is 5.32 Å². The molecule has 0 aliphatic carbocycles. The van der Waals surface area contributed by atoms with Gasteiger partial charge in [0, 0.05) is 19.8 Å². The van der Waals surface area contributed by atoms with Crippen molar-refractivity contribution in [1.29, 1.82) is 0 Å². The van der Waals surface area contributed by atoms with Crippen LogP contribution in [0.15, 0.2) is 0 Å². The molecule has 5 nitrogen and oxygen atoms in total.